The molecule has 3 N–H and O–H groups in total. The highest BCUT2D eigenvalue weighted by molar-refractivity contribution is 5.94. The van der Waals surface area contributed by atoms with E-state index in [1.54, 1.807) is 41.5 Å². The summed E-state index contributed by atoms with van der Waals surface area (Å²) in [5, 5.41) is 14.8. The lowest BCUT2D eigenvalue weighted by Crippen LogP contribution is -2.58. The number of hydrogen-bond donors (Lipinski definition) is 3. The fourth-order valence-corrected chi connectivity index (χ4v) is 4.19. The molecule has 1 aliphatic heterocycles. The van der Waals surface area contributed by atoms with Crippen molar-refractivity contribution in [3.63, 3.8) is 0 Å². The molecule has 0 saturated carbocycles. The topological polar surface area (TPSA) is 149 Å². The molecule has 14 heteroatoms. The molecule has 1 aromatic carbocycles. The molecular weight excluding hydrogens is 537 g/mol. The van der Waals surface area contributed by atoms with Crippen molar-refractivity contribution in [2.45, 2.75) is 84.0 Å². The molecule has 1 saturated heterocycles. The molecule has 220 valence electrons. The molecule has 3 unspecified atom stereocenters. The van der Waals surface area contributed by atoms with E-state index in [1.165, 1.54) is 25.3 Å². The van der Waals surface area contributed by atoms with Gasteiger partial charge < -0.3 is 24.6 Å². The number of rotatable bonds is 7. The predicted octanol–water partition coefficient (Wildman–Crippen LogP) is 3.73. The number of fused-ring (bicyclic) bond motifs is 1. The molecule has 1 aliphatic rings. The summed E-state index contributed by atoms with van der Waals surface area (Å²) in [4.78, 5) is 45.8. The number of ketones is 1. The van der Waals surface area contributed by atoms with Gasteiger partial charge in [0.15, 0.2) is 5.78 Å². The summed E-state index contributed by atoms with van der Waals surface area (Å²) in [5.74, 6) is -2.63. The summed E-state index contributed by atoms with van der Waals surface area (Å²) < 4.78 is 58.0. The molecule has 1 aromatic heterocycles. The molecule has 40 heavy (non-hydrogen) atoms. The fraction of sp³-hybridized carbons (Fsp3) is 0.577. The first-order chi connectivity index (χ1) is 18.3. The summed E-state index contributed by atoms with van der Waals surface area (Å²) in [6, 6.07) is 0.154. The van der Waals surface area contributed by atoms with E-state index in [0.717, 1.165) is 0 Å². The van der Waals surface area contributed by atoms with Crippen LogP contribution in [0, 0.1) is 5.41 Å². The minimum absolute atomic E-state index is 0.0325. The number of carbonyl (C=O) groups excluding carboxylic acids is 2. The number of carbonyl (C=O) groups is 3. The van der Waals surface area contributed by atoms with Crippen LogP contribution >= 0.6 is 0 Å². The maximum Gasteiger partial charge on any atom is 0.438 e. The van der Waals surface area contributed by atoms with Gasteiger partial charge in [0.1, 0.15) is 29.5 Å². The van der Waals surface area contributed by atoms with Crippen molar-refractivity contribution in [3.05, 3.63) is 23.9 Å². The molecule has 3 rings (SSSR count). The first-order valence-corrected chi connectivity index (χ1v) is 12.4. The van der Waals surface area contributed by atoms with Gasteiger partial charge in [0.25, 0.3) is 0 Å². The van der Waals surface area contributed by atoms with Crippen LogP contribution in [-0.4, -0.2) is 69.9 Å². The number of aromatic nitrogens is 2. The summed E-state index contributed by atoms with van der Waals surface area (Å²) >= 11 is 0. The number of carboxylic acid groups (broad SMARTS) is 1. The first kappa shape index (κ1) is 30.9. The molecule has 1 fully saturated rings. The van der Waals surface area contributed by atoms with Crippen molar-refractivity contribution in [2.75, 3.05) is 7.11 Å². The quantitative estimate of drug-likeness (QED) is 0.450. The Balaban J connectivity index is 2.02. The van der Waals surface area contributed by atoms with Crippen LogP contribution < -0.4 is 20.1 Å². The van der Waals surface area contributed by atoms with Crippen LogP contribution in [0.5, 0.6) is 11.6 Å². The highest BCUT2D eigenvalue weighted by Gasteiger charge is 2.49. The van der Waals surface area contributed by atoms with E-state index in [-0.39, 0.29) is 17.5 Å². The third-order valence-corrected chi connectivity index (χ3v) is 6.01. The van der Waals surface area contributed by atoms with E-state index < -0.39 is 70.8 Å². The maximum atomic E-state index is 14.0. The van der Waals surface area contributed by atoms with Gasteiger partial charge in [-0.15, -0.1) is 0 Å². The summed E-state index contributed by atoms with van der Waals surface area (Å²) in [5.41, 5.74) is -3.24. The van der Waals surface area contributed by atoms with Crippen molar-refractivity contribution in [2.24, 2.45) is 5.41 Å². The number of nitrogens with zero attached hydrogens (tertiary/aromatic N) is 2. The number of benzene rings is 1. The first-order valence-electron chi connectivity index (χ1n) is 12.4. The van der Waals surface area contributed by atoms with E-state index in [0.29, 0.717) is 5.75 Å². The van der Waals surface area contributed by atoms with Gasteiger partial charge in [-0.25, -0.2) is 14.8 Å². The Bertz CT molecular complexity index is 1290. The van der Waals surface area contributed by atoms with E-state index in [1.807, 2.05) is 0 Å². The largest absolute Gasteiger partial charge is 0.497 e. The van der Waals surface area contributed by atoms with Gasteiger partial charge in [0.05, 0.1) is 24.2 Å². The third kappa shape index (κ3) is 7.29. The zero-order valence-electron chi connectivity index (χ0n) is 23.2. The monoisotopic (exact) mass is 570 g/mol. The zero-order chi connectivity index (χ0) is 30.2. The Morgan fingerprint density at radius 3 is 2.25 bits per heavy atom. The summed E-state index contributed by atoms with van der Waals surface area (Å²) in [6.45, 7) is 9.90. The Labute approximate surface area is 228 Å². The number of halogens is 3. The number of alkyl carbamates (subject to hydrolysis) is 1. The Hall–Kier alpha value is -3.68. The lowest BCUT2D eigenvalue weighted by molar-refractivity contribution is -0.143. The number of carboxylic acids is 1. The van der Waals surface area contributed by atoms with Gasteiger partial charge in [0, 0.05) is 12.5 Å². The minimum atomic E-state index is -4.97. The molecular formula is C26H33F3N4O7. The van der Waals surface area contributed by atoms with Crippen molar-refractivity contribution in [1.82, 2.24) is 20.6 Å². The van der Waals surface area contributed by atoms with Crippen molar-refractivity contribution in [3.8, 4) is 11.6 Å². The van der Waals surface area contributed by atoms with Gasteiger partial charge in [0.2, 0.25) is 11.6 Å². The number of amides is 1. The summed E-state index contributed by atoms with van der Waals surface area (Å²) in [6.07, 6.45) is -7.61. The van der Waals surface area contributed by atoms with Crippen LogP contribution in [0.25, 0.3) is 11.0 Å². The van der Waals surface area contributed by atoms with Gasteiger partial charge in [-0.2, -0.15) is 13.2 Å². The normalized spacial score (nSPS) is 20.6. The number of ether oxygens (including phenoxy) is 3. The number of hydrogen-bond acceptors (Lipinski definition) is 9. The van der Waals surface area contributed by atoms with Crippen LogP contribution in [0.3, 0.4) is 0 Å². The lowest BCUT2D eigenvalue weighted by atomic mass is 9.81. The van der Waals surface area contributed by atoms with E-state index >= 15 is 0 Å². The molecule has 1 amide bonds. The molecule has 0 spiro atoms. The number of methoxy groups -OCH3 is 1. The van der Waals surface area contributed by atoms with Crippen LogP contribution in [0.15, 0.2) is 18.2 Å². The average molecular weight is 571 g/mol. The number of aliphatic carboxylic acids is 1. The van der Waals surface area contributed by atoms with Crippen molar-refractivity contribution < 1.29 is 46.9 Å². The van der Waals surface area contributed by atoms with Gasteiger partial charge >= 0.3 is 18.2 Å². The minimum Gasteiger partial charge on any atom is -0.497 e. The number of Topliss-reactive ketones (excluding diaryl/α,β-unsaturated/α-hetero) is 1. The van der Waals surface area contributed by atoms with E-state index in [2.05, 4.69) is 20.6 Å². The average Bonchev–Trinajstić information content (AvgIpc) is 3.23. The molecule has 0 aliphatic carbocycles. The number of nitrogens with one attached hydrogen (secondary N) is 2. The maximum absolute atomic E-state index is 14.0. The van der Waals surface area contributed by atoms with E-state index in [9.17, 15) is 32.7 Å². The molecule has 11 nitrogen and oxygen atoms in total. The van der Waals surface area contributed by atoms with E-state index in [4.69, 9.17) is 14.2 Å². The van der Waals surface area contributed by atoms with Gasteiger partial charge in [-0.3, -0.25) is 14.9 Å². The third-order valence-electron chi connectivity index (χ3n) is 6.01. The fourth-order valence-electron chi connectivity index (χ4n) is 4.19. The second kappa shape index (κ2) is 11.1. The van der Waals surface area contributed by atoms with Gasteiger partial charge in [-0.05, 0) is 38.3 Å². The zero-order valence-corrected chi connectivity index (χ0v) is 23.2. The molecule has 4 atom stereocenters. The second-order valence-corrected chi connectivity index (χ2v) is 11.5. The van der Waals surface area contributed by atoms with Crippen molar-refractivity contribution >= 4 is 28.9 Å². The highest BCUT2D eigenvalue weighted by Crippen LogP contribution is 2.37. The lowest BCUT2D eigenvalue weighted by Gasteiger charge is -2.34. The Morgan fingerprint density at radius 2 is 1.73 bits per heavy atom. The van der Waals surface area contributed by atoms with Crippen molar-refractivity contribution in [1.29, 1.82) is 0 Å². The van der Waals surface area contributed by atoms with Crippen LogP contribution in [0.4, 0.5) is 18.0 Å². The molecule has 0 radical (unpaired) electrons. The van der Waals surface area contributed by atoms with Crippen LogP contribution in [-0.2, 0) is 20.5 Å². The summed E-state index contributed by atoms with van der Waals surface area (Å²) in [7, 11) is 1.37. The smallest absolute Gasteiger partial charge is 0.438 e. The van der Waals surface area contributed by atoms with Crippen LogP contribution in [0.2, 0.25) is 0 Å². The van der Waals surface area contributed by atoms with Gasteiger partial charge in [-0.1, -0.05) is 20.8 Å². The SMILES string of the molecule is COc1ccc2nc(C(F)(F)F)c(OC3CC(C(=O)O)NC3C(=O)[C@H](NC(=O)OC(C)(C)C)C(C)(C)C)nc2c1. The predicted molar refractivity (Wildman–Crippen MR) is 136 cm³/mol. The standard InChI is InChI=1S/C26H33F3N4O7/c1-24(2,3)19(33-23(37)40-25(4,5)6)18(34)17-16(11-15(30-17)22(35)36)39-21-20(26(27,28)29)31-13-9-8-12(38-7)10-14(13)32-21/h8-10,15-17,19,30H,11H2,1-7H3,(H,33,37)(H,35,36)/t15?,16?,17?,19-/m0/s1. The number of alkyl halides is 3. The Kier molecular flexibility index (Phi) is 8.53. The molecule has 2 aromatic rings. The Morgan fingerprint density at radius 1 is 1.07 bits per heavy atom. The molecule has 2 heterocycles. The van der Waals surface area contributed by atoms with Crippen LogP contribution in [0.1, 0.15) is 53.7 Å². The second-order valence-electron chi connectivity index (χ2n) is 11.5. The highest BCUT2D eigenvalue weighted by atomic mass is 19.4. The molecule has 0 bridgehead atoms.